The van der Waals surface area contributed by atoms with Crippen molar-refractivity contribution in [2.45, 2.75) is 17.7 Å². The van der Waals surface area contributed by atoms with Crippen molar-refractivity contribution in [3.63, 3.8) is 0 Å². The van der Waals surface area contributed by atoms with Gasteiger partial charge in [-0.1, -0.05) is 23.5 Å². The number of ether oxygens (including phenoxy) is 1. The molecule has 0 unspecified atom stereocenters. The second kappa shape index (κ2) is 6.50. The zero-order valence-electron chi connectivity index (χ0n) is 12.9. The lowest BCUT2D eigenvalue weighted by molar-refractivity contribution is -0.141. The third kappa shape index (κ3) is 3.28. The van der Waals surface area contributed by atoms with Crippen LogP contribution in [0.1, 0.15) is 5.56 Å². The molecule has 0 atom stereocenters. The molecule has 6 nitrogen and oxygen atoms in total. The number of aromatic nitrogens is 1. The van der Waals surface area contributed by atoms with Gasteiger partial charge in [0.05, 0.1) is 17.3 Å². The molecule has 0 radical (unpaired) electrons. The fourth-order valence-corrected chi connectivity index (χ4v) is 5.45. The van der Waals surface area contributed by atoms with Crippen molar-refractivity contribution in [3.8, 4) is 0 Å². The van der Waals surface area contributed by atoms with Crippen LogP contribution in [0.3, 0.4) is 0 Å². The lowest BCUT2D eigenvalue weighted by Crippen LogP contribution is -2.22. The first-order valence-corrected chi connectivity index (χ1v) is 10.1. The van der Waals surface area contributed by atoms with Gasteiger partial charge in [0, 0.05) is 0 Å². The number of esters is 1. The van der Waals surface area contributed by atoms with E-state index in [1.54, 1.807) is 16.0 Å². The Morgan fingerprint density at radius 1 is 1.33 bits per heavy atom. The Bertz CT molecular complexity index is 1060. The first kappa shape index (κ1) is 16.9. The van der Waals surface area contributed by atoms with Crippen LogP contribution in [-0.2, 0) is 26.1 Å². The Morgan fingerprint density at radius 3 is 2.79 bits per heavy atom. The molecule has 0 amide bonds. The minimum atomic E-state index is -3.81. The third-order valence-corrected chi connectivity index (χ3v) is 7.10. The summed E-state index contributed by atoms with van der Waals surface area (Å²) < 4.78 is 36.1. The summed E-state index contributed by atoms with van der Waals surface area (Å²) in [6.45, 7) is 1.85. The van der Waals surface area contributed by atoms with Crippen LogP contribution >= 0.6 is 22.7 Å². The molecule has 0 aliphatic heterocycles. The van der Waals surface area contributed by atoms with Crippen molar-refractivity contribution in [2.24, 2.45) is 4.40 Å². The molecule has 24 heavy (non-hydrogen) atoms. The summed E-state index contributed by atoms with van der Waals surface area (Å²) in [5.41, 5.74) is 1.79. The number of hydrogen-bond acceptors (Lipinski definition) is 6. The number of hydrogen-bond donors (Lipinski definition) is 0. The van der Waals surface area contributed by atoms with E-state index in [0.29, 0.717) is 0 Å². The summed E-state index contributed by atoms with van der Waals surface area (Å²) in [4.78, 5) is 12.0. The summed E-state index contributed by atoms with van der Waals surface area (Å²) in [6, 6.07) is 8.85. The summed E-state index contributed by atoms with van der Waals surface area (Å²) in [5.74, 6) is -0.467. The van der Waals surface area contributed by atoms with Gasteiger partial charge in [-0.15, -0.1) is 15.7 Å². The molecule has 0 aliphatic carbocycles. The van der Waals surface area contributed by atoms with Crippen molar-refractivity contribution in [3.05, 3.63) is 46.1 Å². The highest BCUT2D eigenvalue weighted by Crippen LogP contribution is 2.21. The lowest BCUT2D eigenvalue weighted by Gasteiger charge is -2.03. The molecule has 0 N–H and O–H groups in total. The maximum Gasteiger partial charge on any atom is 0.325 e. The fourth-order valence-electron chi connectivity index (χ4n) is 2.15. The first-order valence-electron chi connectivity index (χ1n) is 6.92. The summed E-state index contributed by atoms with van der Waals surface area (Å²) in [6.07, 6.45) is 0. The average Bonchev–Trinajstić information content (AvgIpc) is 3.16. The van der Waals surface area contributed by atoms with E-state index in [9.17, 15) is 13.2 Å². The molecular weight excluding hydrogens is 368 g/mol. The smallest absolute Gasteiger partial charge is 0.325 e. The van der Waals surface area contributed by atoms with Gasteiger partial charge in [-0.2, -0.15) is 8.42 Å². The van der Waals surface area contributed by atoms with Crippen LogP contribution in [0.15, 0.2) is 44.3 Å². The van der Waals surface area contributed by atoms with Gasteiger partial charge >= 0.3 is 5.97 Å². The molecule has 9 heteroatoms. The number of fused-ring (bicyclic) bond motifs is 1. The largest absolute Gasteiger partial charge is 0.468 e. The second-order valence-corrected chi connectivity index (χ2v) is 8.80. The van der Waals surface area contributed by atoms with Crippen LogP contribution in [0, 0.1) is 6.92 Å². The normalized spacial score (nSPS) is 12.7. The quantitative estimate of drug-likeness (QED) is 0.650. The highest BCUT2D eigenvalue weighted by atomic mass is 32.2. The number of thiophene rings is 1. The number of aryl methyl sites for hydroxylation is 1. The Balaban J connectivity index is 2.24. The molecule has 0 saturated heterocycles. The summed E-state index contributed by atoms with van der Waals surface area (Å²) in [5, 5.41) is 1.68. The molecule has 0 aliphatic rings. The van der Waals surface area contributed by atoms with Crippen LogP contribution in [0.5, 0.6) is 0 Å². The van der Waals surface area contributed by atoms with Crippen LogP contribution in [-0.4, -0.2) is 26.1 Å². The van der Waals surface area contributed by atoms with E-state index in [4.69, 9.17) is 4.74 Å². The zero-order chi connectivity index (χ0) is 17.3. The van der Waals surface area contributed by atoms with Crippen molar-refractivity contribution in [2.75, 3.05) is 7.11 Å². The monoisotopic (exact) mass is 382 g/mol. The van der Waals surface area contributed by atoms with Crippen LogP contribution in [0.2, 0.25) is 0 Å². The van der Waals surface area contributed by atoms with Gasteiger partial charge in [0.25, 0.3) is 10.0 Å². The van der Waals surface area contributed by atoms with Crippen LogP contribution in [0.4, 0.5) is 0 Å². The van der Waals surface area contributed by atoms with E-state index >= 15 is 0 Å². The zero-order valence-corrected chi connectivity index (χ0v) is 15.4. The SMILES string of the molecule is COC(=O)Cn1/c(=N/S(=O)(=O)c2cccs2)sc2cc(C)ccc21. The number of benzene rings is 1. The standard InChI is InChI=1S/C15H14N2O4S3/c1-10-5-6-11-12(8-10)23-15(17(11)9-13(18)21-2)16-24(19,20)14-4-3-7-22-14/h3-8H,9H2,1-2H3/b16-15-. The van der Waals surface area contributed by atoms with Crippen molar-refractivity contribution < 1.29 is 17.9 Å². The minimum Gasteiger partial charge on any atom is -0.468 e. The number of carbonyl (C=O) groups is 1. The van der Waals surface area contributed by atoms with Crippen molar-refractivity contribution >= 4 is 48.9 Å². The second-order valence-electron chi connectivity index (χ2n) is 5.02. The molecule has 0 spiro atoms. The van der Waals surface area contributed by atoms with Crippen molar-refractivity contribution in [1.82, 2.24) is 4.57 Å². The van der Waals surface area contributed by atoms with Gasteiger partial charge in [0.15, 0.2) is 0 Å². The van der Waals surface area contributed by atoms with E-state index in [2.05, 4.69) is 4.40 Å². The predicted molar refractivity (Wildman–Crippen MR) is 93.6 cm³/mol. The van der Waals surface area contributed by atoms with E-state index in [1.165, 1.54) is 24.5 Å². The Kier molecular flexibility index (Phi) is 4.57. The Labute approximate surface area is 146 Å². The molecule has 126 valence electrons. The van der Waals surface area contributed by atoms with E-state index in [1.807, 2.05) is 25.1 Å². The molecule has 2 heterocycles. The molecule has 0 bridgehead atoms. The van der Waals surface area contributed by atoms with Crippen molar-refractivity contribution in [1.29, 1.82) is 0 Å². The minimum absolute atomic E-state index is 0.0989. The number of sulfonamides is 1. The van der Waals surface area contributed by atoms with Gasteiger partial charge in [-0.25, -0.2) is 0 Å². The predicted octanol–water partition coefficient (Wildman–Crippen LogP) is 2.54. The number of nitrogens with zero attached hydrogens (tertiary/aromatic N) is 2. The molecule has 1 aromatic carbocycles. The van der Waals surface area contributed by atoms with Gasteiger partial charge in [0.1, 0.15) is 10.8 Å². The maximum absolute atomic E-state index is 12.4. The summed E-state index contributed by atoms with van der Waals surface area (Å²) >= 11 is 2.33. The lowest BCUT2D eigenvalue weighted by atomic mass is 10.2. The molecule has 3 aromatic rings. The van der Waals surface area contributed by atoms with E-state index in [-0.39, 0.29) is 15.6 Å². The molecule has 2 aromatic heterocycles. The molecule has 0 saturated carbocycles. The topological polar surface area (TPSA) is 77.7 Å². The number of carbonyl (C=O) groups excluding carboxylic acids is 1. The van der Waals surface area contributed by atoms with Crippen LogP contribution < -0.4 is 4.80 Å². The maximum atomic E-state index is 12.4. The van der Waals surface area contributed by atoms with E-state index < -0.39 is 16.0 Å². The molecule has 3 rings (SSSR count). The highest BCUT2D eigenvalue weighted by molar-refractivity contribution is 7.92. The average molecular weight is 382 g/mol. The highest BCUT2D eigenvalue weighted by Gasteiger charge is 2.17. The Hall–Kier alpha value is -1.97. The van der Waals surface area contributed by atoms with Gasteiger partial charge < -0.3 is 9.30 Å². The molecular formula is C15H14N2O4S3. The molecule has 0 fully saturated rings. The summed E-state index contributed by atoms with van der Waals surface area (Å²) in [7, 11) is -2.52. The first-order chi connectivity index (χ1) is 11.4. The number of methoxy groups -OCH3 is 1. The number of rotatable bonds is 4. The fraction of sp³-hybridized carbons (Fsp3) is 0.200. The van der Waals surface area contributed by atoms with Crippen LogP contribution in [0.25, 0.3) is 10.2 Å². The van der Waals surface area contributed by atoms with Gasteiger partial charge in [-0.3, -0.25) is 4.79 Å². The Morgan fingerprint density at radius 2 is 2.12 bits per heavy atom. The van der Waals surface area contributed by atoms with E-state index in [0.717, 1.165) is 27.1 Å². The number of thiazole rings is 1. The van der Waals surface area contributed by atoms with Gasteiger partial charge in [-0.05, 0) is 36.1 Å². The van der Waals surface area contributed by atoms with Gasteiger partial charge in [0.2, 0.25) is 4.80 Å². The third-order valence-electron chi connectivity index (χ3n) is 3.30.